The lowest BCUT2D eigenvalue weighted by Crippen LogP contribution is -2.41. The van der Waals surface area contributed by atoms with E-state index in [0.717, 1.165) is 21.9 Å². The van der Waals surface area contributed by atoms with E-state index in [9.17, 15) is 14.0 Å². The van der Waals surface area contributed by atoms with Crippen LogP contribution in [-0.2, 0) is 16.0 Å². The molecule has 0 fully saturated rings. The monoisotopic (exact) mass is 407 g/mol. The minimum absolute atomic E-state index is 0.104. The van der Waals surface area contributed by atoms with Gasteiger partial charge in [0, 0.05) is 6.54 Å². The van der Waals surface area contributed by atoms with Crippen LogP contribution in [0.1, 0.15) is 17.2 Å². The maximum Gasteiger partial charge on any atom is 0.239 e. The standard InChI is InChI=1S/C24H26FN3O2/c1-28(2)22(19-10-6-11-20(25)13-19)15-26-24(30)16-27-23(29)14-18-9-5-8-17-7-3-4-12-21(17)18/h3-13,22H,14-16H2,1-2H3,(H,26,30)(H,27,29). The van der Waals surface area contributed by atoms with Gasteiger partial charge in [0.2, 0.25) is 11.8 Å². The van der Waals surface area contributed by atoms with Crippen molar-refractivity contribution < 1.29 is 14.0 Å². The number of carbonyl (C=O) groups is 2. The number of hydrogen-bond donors (Lipinski definition) is 2. The normalized spacial score (nSPS) is 12.0. The van der Waals surface area contributed by atoms with Crippen molar-refractivity contribution in [1.29, 1.82) is 0 Å². The van der Waals surface area contributed by atoms with Crippen molar-refractivity contribution in [1.82, 2.24) is 15.5 Å². The first-order chi connectivity index (χ1) is 14.4. The van der Waals surface area contributed by atoms with Crippen LogP contribution in [0.2, 0.25) is 0 Å². The summed E-state index contributed by atoms with van der Waals surface area (Å²) in [4.78, 5) is 26.5. The highest BCUT2D eigenvalue weighted by Gasteiger charge is 2.16. The summed E-state index contributed by atoms with van der Waals surface area (Å²) >= 11 is 0. The fourth-order valence-electron chi connectivity index (χ4n) is 3.45. The lowest BCUT2D eigenvalue weighted by atomic mass is 10.0. The smallest absolute Gasteiger partial charge is 0.239 e. The molecule has 0 saturated carbocycles. The number of nitrogens with one attached hydrogen (secondary N) is 2. The summed E-state index contributed by atoms with van der Waals surface area (Å²) in [6.07, 6.45) is 0.207. The van der Waals surface area contributed by atoms with Gasteiger partial charge < -0.3 is 15.5 Å². The summed E-state index contributed by atoms with van der Waals surface area (Å²) in [5.41, 5.74) is 1.70. The quantitative estimate of drug-likeness (QED) is 0.603. The van der Waals surface area contributed by atoms with Crippen LogP contribution in [0.25, 0.3) is 10.8 Å². The summed E-state index contributed by atoms with van der Waals surface area (Å²) in [5.74, 6) is -0.813. The zero-order chi connectivity index (χ0) is 21.5. The Morgan fingerprint density at radius 1 is 0.933 bits per heavy atom. The Labute approximate surface area is 175 Å². The van der Waals surface area contributed by atoms with Gasteiger partial charge in [-0.1, -0.05) is 54.6 Å². The minimum atomic E-state index is -0.314. The van der Waals surface area contributed by atoms with E-state index in [0.29, 0.717) is 6.54 Å². The van der Waals surface area contributed by atoms with Gasteiger partial charge in [0.1, 0.15) is 5.82 Å². The van der Waals surface area contributed by atoms with Crippen molar-refractivity contribution in [3.05, 3.63) is 83.7 Å². The molecule has 3 aromatic rings. The molecule has 6 heteroatoms. The number of halogens is 1. The van der Waals surface area contributed by atoms with Gasteiger partial charge in [-0.2, -0.15) is 0 Å². The van der Waals surface area contributed by atoms with Crippen LogP contribution in [0, 0.1) is 5.82 Å². The average Bonchev–Trinajstić information content (AvgIpc) is 2.72. The third kappa shape index (κ3) is 5.64. The Hall–Kier alpha value is -3.25. The molecule has 0 aliphatic heterocycles. The molecule has 156 valence electrons. The van der Waals surface area contributed by atoms with Crippen molar-refractivity contribution in [2.75, 3.05) is 27.2 Å². The number of benzene rings is 3. The van der Waals surface area contributed by atoms with Crippen LogP contribution >= 0.6 is 0 Å². The molecule has 0 aromatic heterocycles. The van der Waals surface area contributed by atoms with Crippen LogP contribution in [0.3, 0.4) is 0 Å². The maximum absolute atomic E-state index is 13.5. The molecule has 0 radical (unpaired) electrons. The van der Waals surface area contributed by atoms with Crippen molar-refractivity contribution in [3.8, 4) is 0 Å². The summed E-state index contributed by atoms with van der Waals surface area (Å²) in [6.45, 7) is 0.210. The summed E-state index contributed by atoms with van der Waals surface area (Å²) in [7, 11) is 3.74. The molecule has 3 rings (SSSR count). The molecule has 2 N–H and O–H groups in total. The summed E-state index contributed by atoms with van der Waals surface area (Å²) in [6, 6.07) is 19.9. The highest BCUT2D eigenvalue weighted by Crippen LogP contribution is 2.19. The predicted octanol–water partition coefficient (Wildman–Crippen LogP) is 3.06. The molecular weight excluding hydrogens is 381 g/mol. The second kappa shape index (κ2) is 9.98. The van der Waals surface area contributed by atoms with Crippen molar-refractivity contribution in [2.45, 2.75) is 12.5 Å². The first-order valence-electron chi connectivity index (χ1n) is 9.86. The number of fused-ring (bicyclic) bond motifs is 1. The van der Waals surface area contributed by atoms with Crippen molar-refractivity contribution in [3.63, 3.8) is 0 Å². The molecule has 0 aliphatic rings. The Balaban J connectivity index is 1.51. The van der Waals surface area contributed by atoms with E-state index >= 15 is 0 Å². The number of amides is 2. The molecule has 5 nitrogen and oxygen atoms in total. The predicted molar refractivity (Wildman–Crippen MR) is 116 cm³/mol. The zero-order valence-corrected chi connectivity index (χ0v) is 17.2. The van der Waals surface area contributed by atoms with E-state index in [4.69, 9.17) is 0 Å². The third-order valence-corrected chi connectivity index (χ3v) is 5.03. The van der Waals surface area contributed by atoms with Gasteiger partial charge in [-0.25, -0.2) is 4.39 Å². The van der Waals surface area contributed by atoms with Crippen LogP contribution in [0.15, 0.2) is 66.7 Å². The molecule has 0 heterocycles. The molecule has 1 unspecified atom stereocenters. The highest BCUT2D eigenvalue weighted by atomic mass is 19.1. The minimum Gasteiger partial charge on any atom is -0.353 e. The van der Waals surface area contributed by atoms with E-state index < -0.39 is 0 Å². The molecule has 30 heavy (non-hydrogen) atoms. The fraction of sp³-hybridized carbons (Fsp3) is 0.250. The van der Waals surface area contributed by atoms with Gasteiger partial charge in [0.25, 0.3) is 0 Å². The van der Waals surface area contributed by atoms with Gasteiger partial charge in [-0.3, -0.25) is 9.59 Å². The molecule has 0 bridgehead atoms. The van der Waals surface area contributed by atoms with Gasteiger partial charge in [-0.05, 0) is 48.1 Å². The molecule has 3 aromatic carbocycles. The van der Waals surface area contributed by atoms with E-state index in [-0.39, 0.29) is 36.6 Å². The van der Waals surface area contributed by atoms with E-state index in [1.165, 1.54) is 12.1 Å². The lowest BCUT2D eigenvalue weighted by Gasteiger charge is -2.25. The number of nitrogens with zero attached hydrogens (tertiary/aromatic N) is 1. The topological polar surface area (TPSA) is 61.4 Å². The van der Waals surface area contributed by atoms with Crippen molar-refractivity contribution in [2.24, 2.45) is 0 Å². The molecular formula is C24H26FN3O2. The Morgan fingerprint density at radius 3 is 2.43 bits per heavy atom. The SMILES string of the molecule is CN(C)C(CNC(=O)CNC(=O)Cc1cccc2ccccc12)c1cccc(F)c1. The highest BCUT2D eigenvalue weighted by molar-refractivity contribution is 5.91. The number of hydrogen-bond acceptors (Lipinski definition) is 3. The van der Waals surface area contributed by atoms with E-state index in [1.807, 2.05) is 67.5 Å². The first-order valence-corrected chi connectivity index (χ1v) is 9.86. The zero-order valence-electron chi connectivity index (χ0n) is 17.2. The van der Waals surface area contributed by atoms with Gasteiger partial charge in [0.05, 0.1) is 19.0 Å². The van der Waals surface area contributed by atoms with Gasteiger partial charge in [0.15, 0.2) is 0 Å². The average molecular weight is 407 g/mol. The Kier molecular flexibility index (Phi) is 7.14. The Morgan fingerprint density at radius 2 is 1.67 bits per heavy atom. The number of carbonyl (C=O) groups excluding carboxylic acids is 2. The first kappa shape index (κ1) is 21.5. The third-order valence-electron chi connectivity index (χ3n) is 5.03. The molecule has 0 aliphatic carbocycles. The Bertz CT molecular complexity index is 1030. The molecule has 1 atom stereocenters. The summed E-state index contributed by atoms with van der Waals surface area (Å²) < 4.78 is 13.5. The van der Waals surface area contributed by atoms with Gasteiger partial charge in [-0.15, -0.1) is 0 Å². The lowest BCUT2D eigenvalue weighted by molar-refractivity contribution is -0.125. The van der Waals surface area contributed by atoms with E-state index in [1.54, 1.807) is 6.07 Å². The van der Waals surface area contributed by atoms with Crippen LogP contribution < -0.4 is 10.6 Å². The van der Waals surface area contributed by atoms with Crippen LogP contribution in [-0.4, -0.2) is 43.9 Å². The van der Waals surface area contributed by atoms with Crippen LogP contribution in [0.5, 0.6) is 0 Å². The molecule has 2 amide bonds. The largest absolute Gasteiger partial charge is 0.353 e. The summed E-state index contributed by atoms with van der Waals surface area (Å²) in [5, 5.41) is 7.59. The van der Waals surface area contributed by atoms with Crippen molar-refractivity contribution >= 4 is 22.6 Å². The number of rotatable bonds is 8. The fourth-order valence-corrected chi connectivity index (χ4v) is 3.45. The maximum atomic E-state index is 13.5. The van der Waals surface area contributed by atoms with E-state index in [2.05, 4.69) is 10.6 Å². The molecule has 0 saturated heterocycles. The second-order valence-electron chi connectivity index (χ2n) is 7.43. The van der Waals surface area contributed by atoms with Gasteiger partial charge >= 0.3 is 0 Å². The molecule has 0 spiro atoms. The second-order valence-corrected chi connectivity index (χ2v) is 7.43. The van der Waals surface area contributed by atoms with Crippen LogP contribution in [0.4, 0.5) is 4.39 Å². The number of likely N-dealkylation sites (N-methyl/N-ethyl adjacent to an activating group) is 1.